The highest BCUT2D eigenvalue weighted by Gasteiger charge is 2.00. The summed E-state index contributed by atoms with van der Waals surface area (Å²) in [4.78, 5) is 0. The van der Waals surface area contributed by atoms with E-state index in [9.17, 15) is 0 Å². The first-order chi connectivity index (χ1) is 7.22. The molecule has 1 unspecified atom stereocenters. The molecule has 1 rings (SSSR count). The Kier molecular flexibility index (Phi) is 5.15. The molecule has 0 aliphatic carbocycles. The Hall–Kier alpha value is -1.06. The van der Waals surface area contributed by atoms with Gasteiger partial charge in [-0.25, -0.2) is 0 Å². The van der Waals surface area contributed by atoms with Crippen molar-refractivity contribution >= 4 is 0 Å². The van der Waals surface area contributed by atoms with E-state index < -0.39 is 0 Å². The maximum Gasteiger partial charge on any atom is 0.115 e. The van der Waals surface area contributed by atoms with Crippen LogP contribution in [0.15, 0.2) is 24.3 Å². The van der Waals surface area contributed by atoms with Crippen LogP contribution in [-0.4, -0.2) is 25.4 Å². The molecule has 15 heavy (non-hydrogen) atoms. The molecule has 1 aromatic carbocycles. The minimum absolute atomic E-state index is 0.312. The van der Waals surface area contributed by atoms with Crippen molar-refractivity contribution in [1.82, 2.24) is 5.32 Å². The smallest absolute Gasteiger partial charge is 0.115 e. The quantitative estimate of drug-likeness (QED) is 0.750. The molecular weight excluding hydrogens is 190 g/mol. The van der Waals surface area contributed by atoms with E-state index in [-0.39, 0.29) is 0 Å². The van der Waals surface area contributed by atoms with Gasteiger partial charge in [0.15, 0.2) is 0 Å². The van der Waals surface area contributed by atoms with Crippen LogP contribution in [0.2, 0.25) is 0 Å². The largest absolute Gasteiger partial charge is 0.508 e. The zero-order valence-electron chi connectivity index (χ0n) is 9.36. The van der Waals surface area contributed by atoms with Gasteiger partial charge >= 0.3 is 0 Å². The summed E-state index contributed by atoms with van der Waals surface area (Å²) < 4.78 is 5.05. The molecule has 0 heterocycles. The summed E-state index contributed by atoms with van der Waals surface area (Å²) in [6, 6.07) is 7.25. The molecule has 0 fully saturated rings. The molecule has 84 valence electrons. The summed E-state index contributed by atoms with van der Waals surface area (Å²) in [5.41, 5.74) is 1.18. The average Bonchev–Trinajstić information content (AvgIpc) is 2.21. The van der Waals surface area contributed by atoms with Crippen molar-refractivity contribution < 1.29 is 9.84 Å². The van der Waals surface area contributed by atoms with E-state index in [2.05, 4.69) is 12.2 Å². The highest BCUT2D eigenvalue weighted by Crippen LogP contribution is 2.09. The first kappa shape index (κ1) is 12.0. The molecule has 0 radical (unpaired) electrons. The Balaban J connectivity index is 2.22. The summed E-state index contributed by atoms with van der Waals surface area (Å²) in [6.07, 6.45) is 0. The second-order valence-electron chi connectivity index (χ2n) is 3.86. The second-order valence-corrected chi connectivity index (χ2v) is 3.86. The van der Waals surface area contributed by atoms with Crippen molar-refractivity contribution in [2.75, 3.05) is 20.3 Å². The van der Waals surface area contributed by atoms with E-state index in [1.165, 1.54) is 5.56 Å². The number of ether oxygens (including phenoxy) is 1. The molecule has 0 saturated heterocycles. The number of benzene rings is 1. The van der Waals surface area contributed by atoms with Gasteiger partial charge in [-0.05, 0) is 23.6 Å². The molecule has 0 aliphatic rings. The molecule has 1 aromatic rings. The molecule has 0 aromatic heterocycles. The number of methoxy groups -OCH3 is 1. The lowest BCUT2D eigenvalue weighted by Gasteiger charge is -2.11. The Morgan fingerprint density at radius 2 is 2.00 bits per heavy atom. The minimum Gasteiger partial charge on any atom is -0.508 e. The zero-order valence-corrected chi connectivity index (χ0v) is 9.36. The molecule has 0 amide bonds. The first-order valence-electron chi connectivity index (χ1n) is 5.20. The lowest BCUT2D eigenvalue weighted by atomic mass is 10.2. The monoisotopic (exact) mass is 209 g/mol. The van der Waals surface area contributed by atoms with Crippen molar-refractivity contribution in [2.24, 2.45) is 5.92 Å². The number of nitrogens with one attached hydrogen (secondary N) is 1. The highest BCUT2D eigenvalue weighted by molar-refractivity contribution is 5.25. The number of phenolic OH excluding ortho intramolecular Hbond substituents is 1. The lowest BCUT2D eigenvalue weighted by Crippen LogP contribution is -2.23. The summed E-state index contributed by atoms with van der Waals surface area (Å²) in [7, 11) is 1.72. The van der Waals surface area contributed by atoms with Crippen molar-refractivity contribution in [1.29, 1.82) is 0 Å². The Morgan fingerprint density at radius 1 is 1.33 bits per heavy atom. The number of aromatic hydroxyl groups is 1. The number of hydrogen-bond acceptors (Lipinski definition) is 3. The fourth-order valence-corrected chi connectivity index (χ4v) is 1.42. The molecule has 3 heteroatoms. The Morgan fingerprint density at radius 3 is 2.60 bits per heavy atom. The van der Waals surface area contributed by atoms with Gasteiger partial charge in [0, 0.05) is 26.8 Å². The molecule has 2 N–H and O–H groups in total. The standard InChI is InChI=1S/C12H19NO2/c1-10(9-15-2)7-13-8-11-3-5-12(14)6-4-11/h3-6,10,13-14H,7-9H2,1-2H3. The number of rotatable bonds is 6. The van der Waals surface area contributed by atoms with Crippen LogP contribution in [0.1, 0.15) is 12.5 Å². The Labute approximate surface area is 91.1 Å². The molecule has 0 aliphatic heterocycles. The third-order valence-corrected chi connectivity index (χ3v) is 2.21. The summed E-state index contributed by atoms with van der Waals surface area (Å²) in [6.45, 7) is 4.69. The van der Waals surface area contributed by atoms with Crippen LogP contribution in [0.4, 0.5) is 0 Å². The van der Waals surface area contributed by atoms with Gasteiger partial charge in [-0.2, -0.15) is 0 Å². The molecule has 3 nitrogen and oxygen atoms in total. The number of hydrogen-bond donors (Lipinski definition) is 2. The summed E-state index contributed by atoms with van der Waals surface area (Å²) in [5, 5.41) is 12.4. The topological polar surface area (TPSA) is 41.5 Å². The van der Waals surface area contributed by atoms with Crippen LogP contribution in [0.3, 0.4) is 0 Å². The average molecular weight is 209 g/mol. The van der Waals surface area contributed by atoms with E-state index in [0.29, 0.717) is 11.7 Å². The number of phenols is 1. The predicted molar refractivity (Wildman–Crippen MR) is 60.9 cm³/mol. The second kappa shape index (κ2) is 6.43. The van der Waals surface area contributed by atoms with Gasteiger partial charge < -0.3 is 15.2 Å². The Bertz CT molecular complexity index is 271. The highest BCUT2D eigenvalue weighted by atomic mass is 16.5. The molecule has 0 bridgehead atoms. The van der Waals surface area contributed by atoms with Crippen LogP contribution in [0.25, 0.3) is 0 Å². The van der Waals surface area contributed by atoms with E-state index in [1.54, 1.807) is 19.2 Å². The lowest BCUT2D eigenvalue weighted by molar-refractivity contribution is 0.158. The van der Waals surface area contributed by atoms with Gasteiger partial charge in [-0.3, -0.25) is 0 Å². The van der Waals surface area contributed by atoms with E-state index in [1.807, 2.05) is 12.1 Å². The van der Waals surface area contributed by atoms with E-state index in [4.69, 9.17) is 9.84 Å². The molecule has 1 atom stereocenters. The van der Waals surface area contributed by atoms with E-state index >= 15 is 0 Å². The van der Waals surface area contributed by atoms with Crippen molar-refractivity contribution in [2.45, 2.75) is 13.5 Å². The summed E-state index contributed by atoms with van der Waals surface area (Å²) >= 11 is 0. The normalized spacial score (nSPS) is 12.7. The minimum atomic E-state index is 0.312. The van der Waals surface area contributed by atoms with Crippen molar-refractivity contribution in [3.63, 3.8) is 0 Å². The maximum absolute atomic E-state index is 9.10. The fraction of sp³-hybridized carbons (Fsp3) is 0.500. The van der Waals surface area contributed by atoms with Gasteiger partial charge in [0.2, 0.25) is 0 Å². The van der Waals surface area contributed by atoms with Gasteiger partial charge in [0.05, 0.1) is 0 Å². The van der Waals surface area contributed by atoms with Crippen LogP contribution in [0.5, 0.6) is 5.75 Å². The zero-order chi connectivity index (χ0) is 11.1. The molecule has 0 spiro atoms. The SMILES string of the molecule is COCC(C)CNCc1ccc(O)cc1. The van der Waals surface area contributed by atoms with Crippen LogP contribution >= 0.6 is 0 Å². The van der Waals surface area contributed by atoms with Gasteiger partial charge in [-0.1, -0.05) is 19.1 Å². The van der Waals surface area contributed by atoms with Gasteiger partial charge in [0.1, 0.15) is 5.75 Å². The van der Waals surface area contributed by atoms with Crippen molar-refractivity contribution in [3.05, 3.63) is 29.8 Å². The van der Waals surface area contributed by atoms with Gasteiger partial charge in [0.25, 0.3) is 0 Å². The fourth-order valence-electron chi connectivity index (χ4n) is 1.42. The predicted octanol–water partition coefficient (Wildman–Crippen LogP) is 1.76. The van der Waals surface area contributed by atoms with E-state index in [0.717, 1.165) is 19.7 Å². The molecular formula is C12H19NO2. The summed E-state index contributed by atoms with van der Waals surface area (Å²) in [5.74, 6) is 0.832. The third-order valence-electron chi connectivity index (χ3n) is 2.21. The van der Waals surface area contributed by atoms with Crippen LogP contribution < -0.4 is 5.32 Å². The van der Waals surface area contributed by atoms with Gasteiger partial charge in [-0.15, -0.1) is 0 Å². The van der Waals surface area contributed by atoms with Crippen molar-refractivity contribution in [3.8, 4) is 5.75 Å². The first-order valence-corrected chi connectivity index (χ1v) is 5.20. The van der Waals surface area contributed by atoms with Crippen LogP contribution in [0, 0.1) is 5.92 Å². The maximum atomic E-state index is 9.10. The molecule has 0 saturated carbocycles. The van der Waals surface area contributed by atoms with Crippen LogP contribution in [-0.2, 0) is 11.3 Å². The third kappa shape index (κ3) is 4.81.